The van der Waals surface area contributed by atoms with Crippen molar-refractivity contribution in [2.24, 2.45) is 0 Å². The number of unbranched alkanes of at least 4 members (excludes halogenated alkanes) is 3. The van der Waals surface area contributed by atoms with Gasteiger partial charge in [-0.25, -0.2) is 0 Å². The van der Waals surface area contributed by atoms with E-state index >= 15 is 0 Å². The van der Waals surface area contributed by atoms with Crippen LogP contribution in [0.3, 0.4) is 0 Å². The van der Waals surface area contributed by atoms with Crippen LogP contribution in [-0.2, 0) is 4.79 Å². The largest absolute Gasteiger partial charge is 0.481 e. The van der Waals surface area contributed by atoms with Crippen molar-refractivity contribution >= 4 is 11.9 Å². The number of hydrogen-bond donors (Lipinski definition) is 3. The summed E-state index contributed by atoms with van der Waals surface area (Å²) in [6.45, 7) is 0.608. The van der Waals surface area contributed by atoms with Gasteiger partial charge in [0.05, 0.1) is 11.8 Å². The van der Waals surface area contributed by atoms with Crippen molar-refractivity contribution in [3.63, 3.8) is 0 Å². The number of nitrogens with zero attached hydrogens (tertiary/aromatic N) is 1. The minimum Gasteiger partial charge on any atom is -0.481 e. The van der Waals surface area contributed by atoms with Crippen molar-refractivity contribution in [2.45, 2.75) is 32.1 Å². The number of nitrogens with one attached hydrogen (secondary N) is 2. The van der Waals surface area contributed by atoms with Gasteiger partial charge in [-0.15, -0.1) is 0 Å². The molecule has 1 amide bonds. The van der Waals surface area contributed by atoms with E-state index in [1.165, 1.54) is 6.20 Å². The first-order valence-electron chi connectivity index (χ1n) is 5.69. The van der Waals surface area contributed by atoms with Gasteiger partial charge in [-0.3, -0.25) is 14.7 Å². The minimum atomic E-state index is -0.752. The van der Waals surface area contributed by atoms with Crippen LogP contribution >= 0.6 is 0 Å². The molecule has 1 heterocycles. The smallest absolute Gasteiger partial charge is 0.303 e. The fourth-order valence-electron chi connectivity index (χ4n) is 1.43. The Balaban J connectivity index is 1.97. The molecule has 0 aliphatic carbocycles. The van der Waals surface area contributed by atoms with Crippen LogP contribution in [0.5, 0.6) is 0 Å². The fraction of sp³-hybridized carbons (Fsp3) is 0.545. The molecule has 0 aliphatic heterocycles. The van der Waals surface area contributed by atoms with E-state index in [0.717, 1.165) is 19.3 Å². The molecule has 94 valence electrons. The van der Waals surface area contributed by atoms with E-state index in [-0.39, 0.29) is 12.3 Å². The molecule has 6 heteroatoms. The van der Waals surface area contributed by atoms with Gasteiger partial charge >= 0.3 is 5.97 Å². The van der Waals surface area contributed by atoms with Crippen LogP contribution in [0.25, 0.3) is 0 Å². The predicted octanol–water partition coefficient (Wildman–Crippen LogP) is 1.17. The zero-order valence-corrected chi connectivity index (χ0v) is 9.61. The van der Waals surface area contributed by atoms with E-state index in [2.05, 4.69) is 15.5 Å². The third kappa shape index (κ3) is 5.70. The van der Waals surface area contributed by atoms with Gasteiger partial charge in [-0.05, 0) is 12.8 Å². The molecular weight excluding hydrogens is 222 g/mol. The second kappa shape index (κ2) is 7.43. The third-order valence-electron chi connectivity index (χ3n) is 2.36. The Labute approximate surface area is 99.4 Å². The van der Waals surface area contributed by atoms with Gasteiger partial charge < -0.3 is 10.4 Å². The molecule has 1 aromatic heterocycles. The Morgan fingerprint density at radius 3 is 2.71 bits per heavy atom. The number of carboxylic acids is 1. The molecular formula is C11H17N3O3. The Morgan fingerprint density at radius 1 is 1.29 bits per heavy atom. The number of aromatic nitrogens is 2. The molecule has 0 saturated carbocycles. The van der Waals surface area contributed by atoms with Gasteiger partial charge in [0, 0.05) is 19.2 Å². The summed E-state index contributed by atoms with van der Waals surface area (Å²) in [4.78, 5) is 21.7. The highest BCUT2D eigenvalue weighted by atomic mass is 16.4. The van der Waals surface area contributed by atoms with Crippen LogP contribution in [0.1, 0.15) is 42.5 Å². The van der Waals surface area contributed by atoms with Crippen LogP contribution in [-0.4, -0.2) is 33.7 Å². The molecule has 0 bridgehead atoms. The van der Waals surface area contributed by atoms with Crippen LogP contribution < -0.4 is 5.32 Å². The molecule has 1 rings (SSSR count). The maximum atomic E-state index is 11.4. The maximum Gasteiger partial charge on any atom is 0.303 e. The molecule has 0 aliphatic rings. The molecule has 0 spiro atoms. The number of rotatable bonds is 8. The molecule has 0 atom stereocenters. The molecule has 6 nitrogen and oxygen atoms in total. The second-order valence-corrected chi connectivity index (χ2v) is 3.80. The molecule has 0 fully saturated rings. The van der Waals surface area contributed by atoms with E-state index in [0.29, 0.717) is 18.5 Å². The molecule has 0 unspecified atom stereocenters. The number of carbonyl (C=O) groups is 2. The number of hydrogen-bond acceptors (Lipinski definition) is 3. The van der Waals surface area contributed by atoms with Crippen LogP contribution in [0.4, 0.5) is 0 Å². The number of carbonyl (C=O) groups excluding carboxylic acids is 1. The van der Waals surface area contributed by atoms with Crippen molar-refractivity contribution in [3.05, 3.63) is 18.0 Å². The summed E-state index contributed by atoms with van der Waals surface area (Å²) in [6.07, 6.45) is 6.62. The molecule has 3 N–H and O–H groups in total. The lowest BCUT2D eigenvalue weighted by molar-refractivity contribution is -0.137. The van der Waals surface area contributed by atoms with E-state index in [1.807, 2.05) is 0 Å². The first kappa shape index (κ1) is 13.2. The average molecular weight is 239 g/mol. The summed E-state index contributed by atoms with van der Waals surface area (Å²) >= 11 is 0. The molecule has 0 aromatic carbocycles. The molecule has 0 saturated heterocycles. The first-order valence-corrected chi connectivity index (χ1v) is 5.69. The summed E-state index contributed by atoms with van der Waals surface area (Å²) in [6, 6.07) is 0. The number of H-pyrrole nitrogens is 1. The van der Waals surface area contributed by atoms with E-state index in [9.17, 15) is 9.59 Å². The molecule has 1 aromatic rings. The first-order chi connectivity index (χ1) is 8.20. The fourth-order valence-corrected chi connectivity index (χ4v) is 1.43. The Hall–Kier alpha value is -1.85. The number of carboxylic acid groups (broad SMARTS) is 1. The highest BCUT2D eigenvalue weighted by Gasteiger charge is 2.04. The van der Waals surface area contributed by atoms with Gasteiger partial charge in [0.25, 0.3) is 5.91 Å². The lowest BCUT2D eigenvalue weighted by atomic mass is 10.1. The van der Waals surface area contributed by atoms with Gasteiger partial charge in [0.2, 0.25) is 0 Å². The predicted molar refractivity (Wildman–Crippen MR) is 61.6 cm³/mol. The zero-order valence-electron chi connectivity index (χ0n) is 9.61. The average Bonchev–Trinajstić information content (AvgIpc) is 2.80. The molecule has 17 heavy (non-hydrogen) atoms. The van der Waals surface area contributed by atoms with Crippen molar-refractivity contribution in [1.82, 2.24) is 15.5 Å². The van der Waals surface area contributed by atoms with Gasteiger partial charge in [0.15, 0.2) is 0 Å². The topological polar surface area (TPSA) is 95.1 Å². The van der Waals surface area contributed by atoms with E-state index < -0.39 is 5.97 Å². The van der Waals surface area contributed by atoms with Crippen molar-refractivity contribution in [3.8, 4) is 0 Å². The minimum absolute atomic E-state index is 0.135. The quantitative estimate of drug-likeness (QED) is 0.593. The summed E-state index contributed by atoms with van der Waals surface area (Å²) < 4.78 is 0. The Morgan fingerprint density at radius 2 is 2.06 bits per heavy atom. The standard InChI is InChI=1S/C11H17N3O3/c15-10(16)5-3-1-2-4-6-12-11(17)9-7-13-14-8-9/h7-8H,1-6H2,(H,12,17)(H,13,14)(H,15,16). The monoisotopic (exact) mass is 239 g/mol. The number of amides is 1. The number of aliphatic carboxylic acids is 1. The lowest BCUT2D eigenvalue weighted by Gasteiger charge is -2.02. The maximum absolute atomic E-state index is 11.4. The Bertz CT molecular complexity index is 349. The zero-order chi connectivity index (χ0) is 12.5. The van der Waals surface area contributed by atoms with Crippen molar-refractivity contribution < 1.29 is 14.7 Å². The van der Waals surface area contributed by atoms with E-state index in [4.69, 9.17) is 5.11 Å². The summed E-state index contributed by atoms with van der Waals surface area (Å²) in [5.74, 6) is -0.887. The normalized spacial score (nSPS) is 10.1. The number of aromatic amines is 1. The lowest BCUT2D eigenvalue weighted by Crippen LogP contribution is -2.23. The summed E-state index contributed by atoms with van der Waals surface area (Å²) in [5.41, 5.74) is 0.524. The van der Waals surface area contributed by atoms with E-state index in [1.54, 1.807) is 6.20 Å². The van der Waals surface area contributed by atoms with Gasteiger partial charge in [-0.1, -0.05) is 12.8 Å². The van der Waals surface area contributed by atoms with Crippen LogP contribution in [0, 0.1) is 0 Å². The van der Waals surface area contributed by atoms with Crippen molar-refractivity contribution in [1.29, 1.82) is 0 Å². The second-order valence-electron chi connectivity index (χ2n) is 3.80. The highest BCUT2D eigenvalue weighted by molar-refractivity contribution is 5.93. The van der Waals surface area contributed by atoms with Crippen LogP contribution in [0.2, 0.25) is 0 Å². The van der Waals surface area contributed by atoms with Crippen molar-refractivity contribution in [2.75, 3.05) is 6.54 Å². The SMILES string of the molecule is O=C(O)CCCCCCNC(=O)c1cn[nH]c1. The van der Waals surface area contributed by atoms with Gasteiger partial charge in [0.1, 0.15) is 0 Å². The summed E-state index contributed by atoms with van der Waals surface area (Å²) in [7, 11) is 0. The third-order valence-corrected chi connectivity index (χ3v) is 2.36. The molecule has 0 radical (unpaired) electrons. The van der Waals surface area contributed by atoms with Crippen LogP contribution in [0.15, 0.2) is 12.4 Å². The Kier molecular flexibility index (Phi) is 5.77. The summed E-state index contributed by atoms with van der Waals surface area (Å²) in [5, 5.41) is 17.5. The highest BCUT2D eigenvalue weighted by Crippen LogP contribution is 2.02. The van der Waals surface area contributed by atoms with Gasteiger partial charge in [-0.2, -0.15) is 5.10 Å².